The summed E-state index contributed by atoms with van der Waals surface area (Å²) in [6.45, 7) is 5.02. The number of nitrogens with zero attached hydrogens (tertiary/aromatic N) is 7. The van der Waals surface area contributed by atoms with Gasteiger partial charge in [0.1, 0.15) is 18.1 Å². The molecule has 5 heterocycles. The van der Waals surface area contributed by atoms with Crippen LogP contribution >= 0.6 is 0 Å². The van der Waals surface area contributed by atoms with Crippen molar-refractivity contribution in [3.8, 4) is 17.0 Å². The highest BCUT2D eigenvalue weighted by Crippen LogP contribution is 2.31. The summed E-state index contributed by atoms with van der Waals surface area (Å²) < 4.78 is 14.4. The van der Waals surface area contributed by atoms with Crippen LogP contribution in [0, 0.1) is 0 Å². The van der Waals surface area contributed by atoms with E-state index in [1.54, 1.807) is 10.7 Å². The minimum absolute atomic E-state index is 0.140. The Balaban J connectivity index is 1.34. The molecule has 1 atom stereocenters. The number of fused-ring (bicyclic) bond motifs is 1. The van der Waals surface area contributed by atoms with Gasteiger partial charge in [-0.3, -0.25) is 9.58 Å². The number of hydrogen-bond donors (Lipinski definition) is 1. The van der Waals surface area contributed by atoms with Crippen LogP contribution in [-0.2, 0) is 11.8 Å². The van der Waals surface area contributed by atoms with Crippen molar-refractivity contribution in [2.45, 2.75) is 19.4 Å². The van der Waals surface area contributed by atoms with Crippen molar-refractivity contribution in [2.75, 3.05) is 32.1 Å². The van der Waals surface area contributed by atoms with Gasteiger partial charge >= 0.3 is 5.97 Å². The summed E-state index contributed by atoms with van der Waals surface area (Å²) in [6, 6.07) is 6.40. The molecule has 0 aliphatic carbocycles. The molecule has 1 fully saturated rings. The van der Waals surface area contributed by atoms with Crippen LogP contribution in [0.1, 0.15) is 23.8 Å². The highest BCUT2D eigenvalue weighted by molar-refractivity contribution is 5.86. The lowest BCUT2D eigenvalue weighted by molar-refractivity contribution is 0.0563. The highest BCUT2D eigenvalue weighted by Gasteiger charge is 2.27. The van der Waals surface area contributed by atoms with Crippen molar-refractivity contribution in [3.05, 3.63) is 48.7 Å². The molecule has 0 bridgehead atoms. The Morgan fingerprint density at radius 1 is 1.21 bits per heavy atom. The summed E-state index contributed by atoms with van der Waals surface area (Å²) in [5.41, 5.74) is 2.94. The van der Waals surface area contributed by atoms with E-state index >= 15 is 0 Å². The molecule has 1 aliphatic heterocycles. The Morgan fingerprint density at radius 2 is 2.09 bits per heavy atom. The first kappa shape index (κ1) is 21.8. The van der Waals surface area contributed by atoms with E-state index in [4.69, 9.17) is 4.74 Å². The maximum atomic E-state index is 11.5. The number of carbonyl (C=O) groups is 1. The largest absolute Gasteiger partial charge is 0.488 e. The van der Waals surface area contributed by atoms with Gasteiger partial charge in [-0.25, -0.2) is 19.3 Å². The molecule has 0 saturated carbocycles. The van der Waals surface area contributed by atoms with Crippen LogP contribution in [0.5, 0.6) is 5.75 Å². The van der Waals surface area contributed by atoms with E-state index in [1.165, 1.54) is 19.5 Å². The molecule has 176 valence electrons. The summed E-state index contributed by atoms with van der Waals surface area (Å²) in [4.78, 5) is 22.2. The third-order valence-corrected chi connectivity index (χ3v) is 6.05. The van der Waals surface area contributed by atoms with Gasteiger partial charge in [0.25, 0.3) is 0 Å². The predicted molar refractivity (Wildman–Crippen MR) is 125 cm³/mol. The Labute approximate surface area is 196 Å². The minimum atomic E-state index is -0.534. The monoisotopic (exact) mass is 462 g/mol. The fourth-order valence-corrected chi connectivity index (χ4v) is 4.07. The molecule has 0 radical (unpaired) electrons. The van der Waals surface area contributed by atoms with Gasteiger partial charge in [0.2, 0.25) is 0 Å². The number of pyridine rings is 1. The van der Waals surface area contributed by atoms with Crippen molar-refractivity contribution in [2.24, 2.45) is 7.05 Å². The van der Waals surface area contributed by atoms with Crippen LogP contribution in [0.3, 0.4) is 0 Å². The minimum Gasteiger partial charge on any atom is -0.488 e. The maximum Gasteiger partial charge on any atom is 0.358 e. The zero-order valence-corrected chi connectivity index (χ0v) is 19.3. The van der Waals surface area contributed by atoms with E-state index < -0.39 is 5.97 Å². The number of aromatic nitrogens is 6. The van der Waals surface area contributed by atoms with Gasteiger partial charge in [-0.2, -0.15) is 10.2 Å². The highest BCUT2D eigenvalue weighted by atomic mass is 16.5. The Hall–Kier alpha value is -3.99. The lowest BCUT2D eigenvalue weighted by atomic mass is 10.0. The first-order valence-electron chi connectivity index (χ1n) is 11.1. The molecule has 0 aromatic carbocycles. The van der Waals surface area contributed by atoms with Gasteiger partial charge in [-0.15, -0.1) is 0 Å². The van der Waals surface area contributed by atoms with E-state index in [0.717, 1.165) is 42.0 Å². The Kier molecular flexibility index (Phi) is 5.84. The predicted octanol–water partition coefficient (Wildman–Crippen LogP) is 2.53. The number of aryl methyl sites for hydroxylation is 1. The molecular formula is C23H26N8O3. The summed E-state index contributed by atoms with van der Waals surface area (Å²) in [6.07, 6.45) is 7.65. The fraction of sp³-hybridized carbons (Fsp3) is 0.348. The van der Waals surface area contributed by atoms with Crippen LogP contribution in [-0.4, -0.2) is 73.1 Å². The van der Waals surface area contributed by atoms with Crippen molar-refractivity contribution < 1.29 is 14.3 Å². The summed E-state index contributed by atoms with van der Waals surface area (Å²) in [7, 11) is 3.21. The number of rotatable bonds is 8. The number of esters is 1. The first-order chi connectivity index (χ1) is 16.6. The molecule has 1 aliphatic rings. The van der Waals surface area contributed by atoms with Crippen molar-refractivity contribution in [1.29, 1.82) is 0 Å². The molecule has 1 saturated heterocycles. The number of ether oxygens (including phenoxy) is 2. The molecule has 0 unspecified atom stereocenters. The molecule has 34 heavy (non-hydrogen) atoms. The van der Waals surface area contributed by atoms with Crippen LogP contribution in [0.4, 0.5) is 11.6 Å². The van der Waals surface area contributed by atoms with Gasteiger partial charge in [0, 0.05) is 37.5 Å². The van der Waals surface area contributed by atoms with Gasteiger partial charge in [0.05, 0.1) is 31.2 Å². The van der Waals surface area contributed by atoms with Crippen molar-refractivity contribution in [3.63, 3.8) is 0 Å². The zero-order valence-electron chi connectivity index (χ0n) is 19.3. The number of nitrogens with one attached hydrogen (secondary N) is 1. The smallest absolute Gasteiger partial charge is 0.358 e. The second-order valence-electron chi connectivity index (χ2n) is 8.08. The van der Waals surface area contributed by atoms with Gasteiger partial charge in [-0.1, -0.05) is 6.92 Å². The van der Waals surface area contributed by atoms with Crippen LogP contribution in [0.25, 0.3) is 16.8 Å². The topological polar surface area (TPSA) is 112 Å². The SMILES string of the molecule is CCN1CC[C@@H]1COc1cnn(C)c1-c1ccn2nc(Nc3cnc(C(=O)OC)cn3)cc2c1. The number of methoxy groups -OCH3 is 1. The van der Waals surface area contributed by atoms with Gasteiger partial charge in [-0.05, 0) is 25.1 Å². The number of anilines is 2. The normalized spacial score (nSPS) is 15.8. The average molecular weight is 463 g/mol. The lowest BCUT2D eigenvalue weighted by Gasteiger charge is -2.39. The molecule has 0 spiro atoms. The molecule has 0 amide bonds. The van der Waals surface area contributed by atoms with Crippen LogP contribution < -0.4 is 10.1 Å². The Morgan fingerprint density at radius 3 is 2.79 bits per heavy atom. The second-order valence-corrected chi connectivity index (χ2v) is 8.08. The molecule has 11 nitrogen and oxygen atoms in total. The van der Waals surface area contributed by atoms with Crippen molar-refractivity contribution >= 4 is 23.1 Å². The van der Waals surface area contributed by atoms with Crippen LogP contribution in [0.2, 0.25) is 0 Å². The number of hydrogen-bond acceptors (Lipinski definition) is 9. The molecule has 1 N–H and O–H groups in total. The molecular weight excluding hydrogens is 436 g/mol. The van der Waals surface area contributed by atoms with Crippen LogP contribution in [0.15, 0.2) is 43.0 Å². The third-order valence-electron chi connectivity index (χ3n) is 6.05. The lowest BCUT2D eigenvalue weighted by Crippen LogP contribution is -2.50. The molecule has 4 aromatic heterocycles. The average Bonchev–Trinajstić information content (AvgIpc) is 3.40. The number of carbonyl (C=O) groups excluding carboxylic acids is 1. The fourth-order valence-electron chi connectivity index (χ4n) is 4.07. The van der Waals surface area contributed by atoms with E-state index in [1.807, 2.05) is 36.1 Å². The number of likely N-dealkylation sites (tertiary alicyclic amines) is 1. The molecule has 4 aromatic rings. The molecule has 11 heteroatoms. The van der Waals surface area contributed by atoms with E-state index in [0.29, 0.717) is 24.3 Å². The van der Waals surface area contributed by atoms with Gasteiger partial charge < -0.3 is 14.8 Å². The second kappa shape index (κ2) is 9.10. The molecule has 5 rings (SSSR count). The summed E-state index contributed by atoms with van der Waals surface area (Å²) in [5, 5.41) is 12.1. The van der Waals surface area contributed by atoms with E-state index in [9.17, 15) is 4.79 Å². The third kappa shape index (κ3) is 4.17. The first-order valence-corrected chi connectivity index (χ1v) is 11.1. The van der Waals surface area contributed by atoms with Gasteiger partial charge in [0.15, 0.2) is 17.3 Å². The Bertz CT molecular complexity index is 1310. The number of likely N-dealkylation sites (N-methyl/N-ethyl adjacent to an activating group) is 1. The van der Waals surface area contributed by atoms with E-state index in [2.05, 4.69) is 42.0 Å². The summed E-state index contributed by atoms with van der Waals surface area (Å²) >= 11 is 0. The standard InChI is InChI=1S/C23H26N8O3/c1-4-30-7-6-16(30)14-34-19-12-26-29(2)22(19)15-5-8-31-17(9-15)10-20(28-31)27-21-13-24-18(11-25-21)23(32)33-3/h5,8-13,16H,4,6-7,14H2,1-3H3,(H,25,27,28)/t16-/m1/s1. The quantitative estimate of drug-likeness (QED) is 0.395. The zero-order chi connectivity index (χ0) is 23.7. The van der Waals surface area contributed by atoms with E-state index in [-0.39, 0.29) is 5.69 Å². The van der Waals surface area contributed by atoms with Crippen molar-refractivity contribution in [1.82, 2.24) is 34.3 Å². The summed E-state index contributed by atoms with van der Waals surface area (Å²) in [5.74, 6) is 1.31. The maximum absolute atomic E-state index is 11.5.